The number of nitrogens with one attached hydrogen (secondary N) is 1. The minimum absolute atomic E-state index is 0.0351. The zero-order valence-electron chi connectivity index (χ0n) is 10.3. The van der Waals surface area contributed by atoms with Crippen molar-refractivity contribution in [3.8, 4) is 0 Å². The van der Waals surface area contributed by atoms with Crippen molar-refractivity contribution in [2.24, 2.45) is 11.7 Å². The number of rotatable bonds is 4. The molecule has 1 aromatic heterocycles. The number of amides is 1. The fraction of sp³-hybridized carbons (Fsp3) is 0.538. The third-order valence-corrected chi connectivity index (χ3v) is 3.47. The Morgan fingerprint density at radius 2 is 2.12 bits per heavy atom. The van der Waals surface area contributed by atoms with Crippen LogP contribution >= 0.6 is 0 Å². The van der Waals surface area contributed by atoms with E-state index < -0.39 is 5.54 Å². The topological polar surface area (TPSA) is 68.0 Å². The van der Waals surface area contributed by atoms with Gasteiger partial charge in [-0.2, -0.15) is 0 Å². The molecule has 1 aromatic rings. The highest BCUT2D eigenvalue weighted by Crippen LogP contribution is 2.38. The first-order chi connectivity index (χ1) is 8.01. The molecule has 1 aliphatic rings. The lowest BCUT2D eigenvalue weighted by Gasteiger charge is -2.25. The van der Waals surface area contributed by atoms with Gasteiger partial charge in [0.15, 0.2) is 0 Å². The van der Waals surface area contributed by atoms with Gasteiger partial charge in [-0.25, -0.2) is 0 Å². The predicted molar refractivity (Wildman–Crippen MR) is 66.1 cm³/mol. The molecule has 1 aliphatic carbocycles. The number of hydrogen-bond acceptors (Lipinski definition) is 3. The summed E-state index contributed by atoms with van der Waals surface area (Å²) in [7, 11) is 0. The molecule has 2 atom stereocenters. The first-order valence-corrected chi connectivity index (χ1v) is 6.01. The summed E-state index contributed by atoms with van der Waals surface area (Å²) >= 11 is 0. The molecule has 1 fully saturated rings. The van der Waals surface area contributed by atoms with E-state index in [0.717, 1.165) is 18.4 Å². The predicted octanol–water partition coefficient (Wildman–Crippen LogP) is 1.39. The van der Waals surface area contributed by atoms with Crippen LogP contribution in [0.4, 0.5) is 0 Å². The Labute approximate surface area is 102 Å². The van der Waals surface area contributed by atoms with Gasteiger partial charge in [0, 0.05) is 12.4 Å². The van der Waals surface area contributed by atoms with Crippen LogP contribution in [0.1, 0.15) is 38.3 Å². The molecule has 1 saturated carbocycles. The number of carbonyl (C=O) groups is 1. The van der Waals surface area contributed by atoms with Gasteiger partial charge >= 0.3 is 0 Å². The van der Waals surface area contributed by atoms with Crippen LogP contribution in [0, 0.1) is 5.92 Å². The number of carbonyl (C=O) groups excluding carboxylic acids is 1. The maximum atomic E-state index is 12.1. The first kappa shape index (κ1) is 12.0. The normalized spacial score (nSPS) is 20.4. The van der Waals surface area contributed by atoms with E-state index in [9.17, 15) is 4.79 Å². The fourth-order valence-electron chi connectivity index (χ4n) is 1.96. The van der Waals surface area contributed by atoms with Crippen molar-refractivity contribution >= 4 is 5.91 Å². The minimum atomic E-state index is -0.735. The number of nitrogens with two attached hydrogens (primary N) is 1. The lowest BCUT2D eigenvalue weighted by atomic mass is 9.95. The maximum absolute atomic E-state index is 12.1. The Morgan fingerprint density at radius 3 is 2.65 bits per heavy atom. The lowest BCUT2D eigenvalue weighted by molar-refractivity contribution is -0.127. The van der Waals surface area contributed by atoms with Gasteiger partial charge in [-0.3, -0.25) is 9.78 Å². The molecule has 0 radical (unpaired) electrons. The Hall–Kier alpha value is -1.42. The molecule has 0 aliphatic heterocycles. The van der Waals surface area contributed by atoms with Crippen LogP contribution in [-0.2, 0) is 4.79 Å². The Kier molecular flexibility index (Phi) is 3.15. The number of nitrogens with zero attached hydrogens (tertiary/aromatic N) is 1. The fourth-order valence-corrected chi connectivity index (χ4v) is 1.96. The van der Waals surface area contributed by atoms with Gasteiger partial charge < -0.3 is 11.1 Å². The molecule has 0 spiro atoms. The Morgan fingerprint density at radius 1 is 1.53 bits per heavy atom. The quantitative estimate of drug-likeness (QED) is 0.825. The standard InChI is InChI=1S/C13H19N3O/c1-9(10-5-7-15-8-6-10)16-12(17)13(2,14)11-3-4-11/h5-9,11H,3-4,14H2,1-2H3,(H,16,17). The van der Waals surface area contributed by atoms with Crippen LogP contribution in [0.3, 0.4) is 0 Å². The van der Waals surface area contributed by atoms with Crippen molar-refractivity contribution in [3.05, 3.63) is 30.1 Å². The van der Waals surface area contributed by atoms with E-state index in [-0.39, 0.29) is 11.9 Å². The molecule has 17 heavy (non-hydrogen) atoms. The van der Waals surface area contributed by atoms with Crippen molar-refractivity contribution in [1.82, 2.24) is 10.3 Å². The van der Waals surface area contributed by atoms with Gasteiger partial charge in [0.2, 0.25) is 5.91 Å². The zero-order valence-corrected chi connectivity index (χ0v) is 10.3. The maximum Gasteiger partial charge on any atom is 0.240 e. The van der Waals surface area contributed by atoms with E-state index in [1.165, 1.54) is 0 Å². The van der Waals surface area contributed by atoms with Gasteiger partial charge in [0.1, 0.15) is 0 Å². The molecule has 3 N–H and O–H groups in total. The van der Waals surface area contributed by atoms with Gasteiger partial charge in [0.05, 0.1) is 11.6 Å². The van der Waals surface area contributed by atoms with Crippen molar-refractivity contribution in [2.75, 3.05) is 0 Å². The molecular weight excluding hydrogens is 214 g/mol. The van der Waals surface area contributed by atoms with Crippen LogP contribution in [0.5, 0.6) is 0 Å². The summed E-state index contributed by atoms with van der Waals surface area (Å²) in [5, 5.41) is 2.97. The molecule has 0 bridgehead atoms. The second kappa shape index (κ2) is 4.45. The summed E-state index contributed by atoms with van der Waals surface area (Å²) in [5.41, 5.74) is 6.37. The molecule has 1 heterocycles. The van der Waals surface area contributed by atoms with Gasteiger partial charge in [-0.1, -0.05) is 0 Å². The van der Waals surface area contributed by atoms with Crippen LogP contribution in [0.2, 0.25) is 0 Å². The van der Waals surface area contributed by atoms with Crippen molar-refractivity contribution in [3.63, 3.8) is 0 Å². The largest absolute Gasteiger partial charge is 0.348 e. The van der Waals surface area contributed by atoms with Crippen molar-refractivity contribution in [1.29, 1.82) is 0 Å². The monoisotopic (exact) mass is 233 g/mol. The van der Waals surface area contributed by atoms with Crippen LogP contribution < -0.4 is 11.1 Å². The van der Waals surface area contributed by atoms with Gasteiger partial charge in [-0.05, 0) is 50.3 Å². The summed E-state index contributed by atoms with van der Waals surface area (Å²) in [6.45, 7) is 3.77. The van der Waals surface area contributed by atoms with E-state index in [2.05, 4.69) is 10.3 Å². The average molecular weight is 233 g/mol. The van der Waals surface area contributed by atoms with E-state index in [1.807, 2.05) is 26.0 Å². The third-order valence-electron chi connectivity index (χ3n) is 3.47. The first-order valence-electron chi connectivity index (χ1n) is 6.01. The van der Waals surface area contributed by atoms with E-state index >= 15 is 0 Å². The number of pyridine rings is 1. The molecule has 0 saturated heterocycles. The summed E-state index contributed by atoms with van der Waals surface area (Å²) in [4.78, 5) is 16.0. The third kappa shape index (κ3) is 2.64. The highest BCUT2D eigenvalue weighted by Gasteiger charge is 2.44. The number of hydrogen-bond donors (Lipinski definition) is 2. The van der Waals surface area contributed by atoms with Crippen molar-refractivity contribution < 1.29 is 4.79 Å². The van der Waals surface area contributed by atoms with Crippen LogP contribution in [0.25, 0.3) is 0 Å². The van der Waals surface area contributed by atoms with Crippen molar-refractivity contribution in [2.45, 2.75) is 38.3 Å². The molecular formula is C13H19N3O. The van der Waals surface area contributed by atoms with Crippen LogP contribution in [-0.4, -0.2) is 16.4 Å². The molecule has 92 valence electrons. The molecule has 4 heteroatoms. The van der Waals surface area contributed by atoms with E-state index in [4.69, 9.17) is 5.73 Å². The summed E-state index contributed by atoms with van der Waals surface area (Å²) in [5.74, 6) is 0.274. The summed E-state index contributed by atoms with van der Waals surface area (Å²) < 4.78 is 0. The lowest BCUT2D eigenvalue weighted by Crippen LogP contribution is -2.53. The smallest absolute Gasteiger partial charge is 0.240 e. The van der Waals surface area contributed by atoms with Gasteiger partial charge in [-0.15, -0.1) is 0 Å². The van der Waals surface area contributed by atoms with Gasteiger partial charge in [0.25, 0.3) is 0 Å². The average Bonchev–Trinajstić information content (AvgIpc) is 3.14. The summed E-state index contributed by atoms with van der Waals surface area (Å²) in [6, 6.07) is 3.76. The molecule has 4 nitrogen and oxygen atoms in total. The molecule has 1 amide bonds. The SMILES string of the molecule is CC(NC(=O)C(C)(N)C1CC1)c1ccncc1. The van der Waals surface area contributed by atoms with E-state index in [0.29, 0.717) is 5.92 Å². The van der Waals surface area contributed by atoms with Crippen LogP contribution in [0.15, 0.2) is 24.5 Å². The number of aromatic nitrogens is 1. The second-order valence-corrected chi connectivity index (χ2v) is 5.03. The highest BCUT2D eigenvalue weighted by atomic mass is 16.2. The zero-order chi connectivity index (χ0) is 12.5. The Balaban J connectivity index is 1.99. The second-order valence-electron chi connectivity index (χ2n) is 5.03. The van der Waals surface area contributed by atoms with E-state index in [1.54, 1.807) is 12.4 Å². The molecule has 2 rings (SSSR count). The molecule has 2 unspecified atom stereocenters. The minimum Gasteiger partial charge on any atom is -0.348 e. The Bertz CT molecular complexity index is 398. The molecule has 0 aromatic carbocycles. The summed E-state index contributed by atoms with van der Waals surface area (Å²) in [6.07, 6.45) is 5.56. The highest BCUT2D eigenvalue weighted by molar-refractivity contribution is 5.86.